The number of hydrogen-bond acceptors (Lipinski definition) is 5. The lowest BCUT2D eigenvalue weighted by atomic mass is 10.1. The highest BCUT2D eigenvalue weighted by molar-refractivity contribution is 6.42. The Labute approximate surface area is 217 Å². The van der Waals surface area contributed by atoms with E-state index in [2.05, 4.69) is 10.3 Å². The van der Waals surface area contributed by atoms with E-state index in [1.165, 1.54) is 12.1 Å². The number of fused-ring (bicyclic) bond motifs is 2. The molecule has 2 aromatic rings. The Morgan fingerprint density at radius 3 is 2.72 bits per heavy atom. The lowest BCUT2D eigenvalue weighted by molar-refractivity contribution is 0.281. The fourth-order valence-electron chi connectivity index (χ4n) is 4.37. The third kappa shape index (κ3) is 4.33. The van der Waals surface area contributed by atoms with Crippen molar-refractivity contribution in [3.8, 4) is 17.1 Å². The summed E-state index contributed by atoms with van der Waals surface area (Å²) >= 11 is 12.6. The van der Waals surface area contributed by atoms with Crippen molar-refractivity contribution in [2.75, 3.05) is 12.4 Å². The third-order valence-corrected chi connectivity index (χ3v) is 6.99. The highest BCUT2D eigenvalue weighted by Gasteiger charge is 2.23. The number of anilines is 1. The highest BCUT2D eigenvalue weighted by atomic mass is 35.5. The standard InChI is InChI=1S/C27H22Cl2FN5O/c1-36-27-20(3-2-10-31-27)33-21-13-24-26(14-22(21)32-16-5-6-16)35(17-7-8-18(28)19(29)12-17)25-9-4-15(30)11-23(25)34-24/h4,7-14,16,33H,2-3,5-6H2,1H3/b32-22+. The van der Waals surface area contributed by atoms with Crippen molar-refractivity contribution in [1.29, 1.82) is 0 Å². The van der Waals surface area contributed by atoms with Crippen molar-refractivity contribution in [2.24, 2.45) is 9.98 Å². The van der Waals surface area contributed by atoms with Gasteiger partial charge in [-0.15, -0.1) is 0 Å². The lowest BCUT2D eigenvalue weighted by Gasteiger charge is -2.21. The van der Waals surface area contributed by atoms with Crippen LogP contribution < -0.4 is 10.7 Å². The first-order valence-corrected chi connectivity index (χ1v) is 12.5. The van der Waals surface area contributed by atoms with Gasteiger partial charge >= 0.3 is 0 Å². The van der Waals surface area contributed by atoms with Crippen LogP contribution in [-0.4, -0.2) is 28.9 Å². The van der Waals surface area contributed by atoms with E-state index in [-0.39, 0.29) is 5.82 Å². The van der Waals surface area contributed by atoms with E-state index in [4.69, 9.17) is 37.9 Å². The van der Waals surface area contributed by atoms with Crippen LogP contribution in [-0.2, 0) is 4.74 Å². The quantitative estimate of drug-likeness (QED) is 0.296. The predicted molar refractivity (Wildman–Crippen MR) is 142 cm³/mol. The molecule has 0 bridgehead atoms. The fraction of sp³-hybridized carbons (Fsp3) is 0.222. The molecule has 6 rings (SSSR count). The highest BCUT2D eigenvalue weighted by Crippen LogP contribution is 2.33. The predicted octanol–water partition coefficient (Wildman–Crippen LogP) is 6.73. The Kier molecular flexibility index (Phi) is 5.90. The Morgan fingerprint density at radius 1 is 1.08 bits per heavy atom. The number of ether oxygens (including phenoxy) is 1. The van der Waals surface area contributed by atoms with Crippen molar-refractivity contribution < 1.29 is 9.13 Å². The molecule has 0 aromatic heterocycles. The molecule has 2 aliphatic carbocycles. The van der Waals surface area contributed by atoms with Gasteiger partial charge in [0.15, 0.2) is 0 Å². The van der Waals surface area contributed by atoms with E-state index < -0.39 is 0 Å². The minimum atomic E-state index is -0.358. The first kappa shape index (κ1) is 23.0. The van der Waals surface area contributed by atoms with Crippen molar-refractivity contribution in [1.82, 2.24) is 9.55 Å². The largest absolute Gasteiger partial charge is 0.480 e. The van der Waals surface area contributed by atoms with E-state index in [1.807, 2.05) is 29.0 Å². The summed E-state index contributed by atoms with van der Waals surface area (Å²) in [7, 11) is 1.61. The second-order valence-electron chi connectivity index (χ2n) is 8.86. The molecular weight excluding hydrogens is 500 g/mol. The van der Waals surface area contributed by atoms with Gasteiger partial charge in [0.05, 0.1) is 62.4 Å². The summed E-state index contributed by atoms with van der Waals surface area (Å²) in [4.78, 5) is 14.2. The summed E-state index contributed by atoms with van der Waals surface area (Å²) in [6.07, 6.45) is 5.57. The fourth-order valence-corrected chi connectivity index (χ4v) is 4.67. The van der Waals surface area contributed by atoms with Gasteiger partial charge in [0, 0.05) is 18.0 Å². The van der Waals surface area contributed by atoms with Crippen LogP contribution in [0.1, 0.15) is 25.7 Å². The van der Waals surface area contributed by atoms with Gasteiger partial charge in [0.2, 0.25) is 5.88 Å². The molecule has 0 amide bonds. The summed E-state index contributed by atoms with van der Waals surface area (Å²) in [6, 6.07) is 14.3. The molecule has 0 radical (unpaired) electrons. The summed E-state index contributed by atoms with van der Waals surface area (Å²) < 4.78 is 21.7. The van der Waals surface area contributed by atoms with Crippen LogP contribution >= 0.6 is 23.2 Å². The average molecular weight is 522 g/mol. The molecule has 0 saturated heterocycles. The van der Waals surface area contributed by atoms with Gasteiger partial charge in [-0.3, -0.25) is 4.99 Å². The van der Waals surface area contributed by atoms with Crippen LogP contribution in [0.3, 0.4) is 0 Å². The molecule has 1 N–H and O–H groups in total. The topological polar surface area (TPSA) is 63.8 Å². The number of aromatic nitrogens is 2. The zero-order valence-corrected chi connectivity index (χ0v) is 20.9. The number of nitrogens with one attached hydrogen (secondary N) is 1. The van der Waals surface area contributed by atoms with Gasteiger partial charge in [0.25, 0.3) is 0 Å². The van der Waals surface area contributed by atoms with Gasteiger partial charge in [-0.1, -0.05) is 23.2 Å². The normalized spacial score (nSPS) is 16.3. The minimum absolute atomic E-state index is 0.296. The first-order chi connectivity index (χ1) is 17.5. The van der Waals surface area contributed by atoms with E-state index in [9.17, 15) is 4.39 Å². The monoisotopic (exact) mass is 521 g/mol. The number of hydrogen-bond donors (Lipinski definition) is 1. The van der Waals surface area contributed by atoms with E-state index >= 15 is 0 Å². The Hall–Kier alpha value is -3.42. The molecular formula is C27H22Cl2FN5O. The molecule has 4 aliphatic rings. The Balaban J connectivity index is 1.64. The van der Waals surface area contributed by atoms with Crippen LogP contribution in [0.5, 0.6) is 0 Å². The molecule has 9 heteroatoms. The van der Waals surface area contributed by atoms with E-state index in [0.717, 1.165) is 59.3 Å². The number of nitrogens with zero attached hydrogens (tertiary/aromatic N) is 4. The third-order valence-electron chi connectivity index (χ3n) is 6.25. The number of aliphatic imine (C=N–C) groups is 1. The molecule has 2 aliphatic heterocycles. The first-order valence-electron chi connectivity index (χ1n) is 11.7. The maximum Gasteiger partial charge on any atom is 0.232 e. The van der Waals surface area contributed by atoms with Crippen molar-refractivity contribution in [3.05, 3.63) is 81.3 Å². The number of benzene rings is 3. The number of allylic oxidation sites excluding steroid dienone is 1. The lowest BCUT2D eigenvalue weighted by Crippen LogP contribution is -2.18. The minimum Gasteiger partial charge on any atom is -0.480 e. The van der Waals surface area contributed by atoms with Crippen LogP contribution in [0.4, 0.5) is 10.1 Å². The SMILES string of the molecule is COC1=C(Nc2cc3nc4cc(F)ccc4n(-c4ccc(Cl)c(Cl)c4)c-3c/c2=N\C2CC2)CCC=N1. The summed E-state index contributed by atoms with van der Waals surface area (Å²) in [5, 5.41) is 5.21. The molecule has 6 nitrogen and oxygen atoms in total. The van der Waals surface area contributed by atoms with Gasteiger partial charge in [-0.25, -0.2) is 14.4 Å². The molecule has 2 heterocycles. The zero-order chi connectivity index (χ0) is 24.8. The summed E-state index contributed by atoms with van der Waals surface area (Å²) in [5.74, 6) is 0.196. The molecule has 0 atom stereocenters. The second-order valence-corrected chi connectivity index (χ2v) is 9.67. The summed E-state index contributed by atoms with van der Waals surface area (Å²) in [6.45, 7) is 0. The molecule has 36 heavy (non-hydrogen) atoms. The smallest absolute Gasteiger partial charge is 0.232 e. The van der Waals surface area contributed by atoms with Crippen molar-refractivity contribution >= 4 is 46.1 Å². The van der Waals surface area contributed by atoms with Crippen LogP contribution in [0.25, 0.3) is 28.1 Å². The maximum absolute atomic E-state index is 14.2. The van der Waals surface area contributed by atoms with Gasteiger partial charge in [-0.05, 0) is 68.1 Å². The van der Waals surface area contributed by atoms with E-state index in [0.29, 0.717) is 33.2 Å². The number of rotatable bonds is 5. The molecule has 2 aromatic carbocycles. The number of methoxy groups -OCH3 is 1. The molecule has 1 fully saturated rings. The van der Waals surface area contributed by atoms with Gasteiger partial charge in [0.1, 0.15) is 5.82 Å². The molecule has 0 unspecified atom stereocenters. The molecule has 182 valence electrons. The average Bonchev–Trinajstić information content (AvgIpc) is 3.69. The zero-order valence-electron chi connectivity index (χ0n) is 19.4. The molecule has 0 spiro atoms. The summed E-state index contributed by atoms with van der Waals surface area (Å²) in [5.41, 5.74) is 5.24. The number of halogens is 3. The Bertz CT molecular complexity index is 1610. The molecule has 1 saturated carbocycles. The maximum atomic E-state index is 14.2. The van der Waals surface area contributed by atoms with Crippen LogP contribution in [0.15, 0.2) is 70.1 Å². The van der Waals surface area contributed by atoms with Crippen molar-refractivity contribution in [3.63, 3.8) is 0 Å². The van der Waals surface area contributed by atoms with Crippen LogP contribution in [0.2, 0.25) is 10.0 Å². The van der Waals surface area contributed by atoms with Crippen LogP contribution in [0, 0.1) is 5.82 Å². The Morgan fingerprint density at radius 2 is 1.94 bits per heavy atom. The van der Waals surface area contributed by atoms with Crippen molar-refractivity contribution in [2.45, 2.75) is 31.7 Å². The second kappa shape index (κ2) is 9.22. The van der Waals surface area contributed by atoms with Gasteiger partial charge < -0.3 is 14.6 Å². The van der Waals surface area contributed by atoms with Gasteiger partial charge in [-0.2, -0.15) is 0 Å². The van der Waals surface area contributed by atoms with E-state index in [1.54, 1.807) is 25.3 Å².